The molecule has 0 saturated heterocycles. The van der Waals surface area contributed by atoms with Gasteiger partial charge in [0.05, 0.1) is 18.0 Å². The molecule has 0 fully saturated rings. The van der Waals surface area contributed by atoms with Crippen molar-refractivity contribution in [3.05, 3.63) is 28.7 Å². The molecule has 0 bridgehead atoms. The maximum Gasteiger partial charge on any atom is 0.417 e. The Morgan fingerprint density at radius 2 is 2.16 bits per heavy atom. The second-order valence-corrected chi connectivity index (χ2v) is 3.99. The second-order valence-electron chi connectivity index (χ2n) is 3.99. The van der Waals surface area contributed by atoms with Crippen LogP contribution in [0.25, 0.3) is 11.1 Å². The number of aromatic nitrogens is 1. The van der Waals surface area contributed by atoms with Crippen LogP contribution in [0.5, 0.6) is 0 Å². The summed E-state index contributed by atoms with van der Waals surface area (Å²) in [7, 11) is 0. The van der Waals surface area contributed by atoms with Gasteiger partial charge in [-0.15, -0.1) is 0 Å². The van der Waals surface area contributed by atoms with Crippen molar-refractivity contribution in [1.82, 2.24) is 4.98 Å². The Morgan fingerprint density at radius 1 is 1.42 bits per heavy atom. The predicted octanol–water partition coefficient (Wildman–Crippen LogP) is -0.738. The van der Waals surface area contributed by atoms with E-state index in [9.17, 15) is 14.4 Å². The van der Waals surface area contributed by atoms with Crippen molar-refractivity contribution in [3.63, 3.8) is 0 Å². The number of rotatable bonds is 4. The number of nitrogens with two attached hydrogens (primary N) is 2. The molecule has 0 spiro atoms. The van der Waals surface area contributed by atoms with Crippen molar-refractivity contribution < 1.29 is 14.0 Å². The third-order valence-corrected chi connectivity index (χ3v) is 2.44. The van der Waals surface area contributed by atoms with Crippen molar-refractivity contribution in [2.45, 2.75) is 12.5 Å². The lowest BCUT2D eigenvalue weighted by atomic mass is 10.2. The van der Waals surface area contributed by atoms with Crippen molar-refractivity contribution in [2.24, 2.45) is 11.5 Å². The highest BCUT2D eigenvalue weighted by Crippen LogP contribution is 2.16. The fourth-order valence-electron chi connectivity index (χ4n) is 1.57. The average molecular weight is 264 g/mol. The largest absolute Gasteiger partial charge is 0.417 e. The van der Waals surface area contributed by atoms with E-state index in [0.29, 0.717) is 16.8 Å². The van der Waals surface area contributed by atoms with Crippen molar-refractivity contribution in [3.8, 4) is 0 Å². The number of carbonyl (C=O) groups is 2. The first kappa shape index (κ1) is 12.8. The van der Waals surface area contributed by atoms with Gasteiger partial charge in [0.15, 0.2) is 5.58 Å². The second kappa shape index (κ2) is 4.94. The van der Waals surface area contributed by atoms with Crippen molar-refractivity contribution >= 4 is 28.6 Å². The minimum absolute atomic E-state index is 0.239. The van der Waals surface area contributed by atoms with Crippen LogP contribution in [0.4, 0.5) is 5.69 Å². The summed E-state index contributed by atoms with van der Waals surface area (Å²) in [6.45, 7) is 0. The Bertz CT molecular complexity index is 687. The molecule has 19 heavy (non-hydrogen) atoms. The number of aromatic amines is 1. The molecule has 1 heterocycles. The molecular formula is C11H12N4O4. The molecule has 0 aliphatic rings. The number of amides is 2. The molecule has 8 nitrogen and oxygen atoms in total. The van der Waals surface area contributed by atoms with Gasteiger partial charge in [-0.25, -0.2) is 4.79 Å². The highest BCUT2D eigenvalue weighted by molar-refractivity contribution is 5.98. The first-order valence-electron chi connectivity index (χ1n) is 5.43. The van der Waals surface area contributed by atoms with E-state index >= 15 is 0 Å². The Labute approximate surface area is 106 Å². The highest BCUT2D eigenvalue weighted by Gasteiger charge is 2.16. The number of nitrogens with one attached hydrogen (secondary N) is 2. The Morgan fingerprint density at radius 3 is 2.84 bits per heavy atom. The third kappa shape index (κ3) is 2.99. The normalized spacial score (nSPS) is 12.3. The number of primary amides is 1. The SMILES string of the molecule is NC(=O)CC(N)C(=O)Nc1ccc2oc(=O)[nH]c2c1. The standard InChI is InChI=1S/C11H12N4O4/c12-6(4-9(13)16)10(17)14-5-1-2-8-7(3-5)15-11(18)19-8/h1-3,6H,4,12H2,(H2,13,16)(H,14,17)(H,15,18). The number of H-pyrrole nitrogens is 1. The smallest absolute Gasteiger partial charge is 0.408 e. The maximum absolute atomic E-state index is 11.6. The molecule has 6 N–H and O–H groups in total. The van der Waals surface area contributed by atoms with E-state index in [0.717, 1.165) is 0 Å². The molecule has 1 atom stereocenters. The molecule has 1 aromatic carbocycles. The van der Waals surface area contributed by atoms with Gasteiger partial charge in [-0.3, -0.25) is 14.6 Å². The zero-order valence-electron chi connectivity index (χ0n) is 9.80. The first-order valence-corrected chi connectivity index (χ1v) is 5.43. The number of hydrogen-bond acceptors (Lipinski definition) is 5. The summed E-state index contributed by atoms with van der Waals surface area (Å²) in [4.78, 5) is 35.7. The summed E-state index contributed by atoms with van der Waals surface area (Å²) in [5.41, 5.74) is 11.7. The zero-order chi connectivity index (χ0) is 14.0. The van der Waals surface area contributed by atoms with Crippen LogP contribution in [0.2, 0.25) is 0 Å². The van der Waals surface area contributed by atoms with Crippen LogP contribution in [-0.2, 0) is 9.59 Å². The number of anilines is 1. The van der Waals surface area contributed by atoms with Gasteiger partial charge in [-0.2, -0.15) is 0 Å². The highest BCUT2D eigenvalue weighted by atomic mass is 16.4. The van der Waals surface area contributed by atoms with Gasteiger partial charge in [0.25, 0.3) is 0 Å². The quantitative estimate of drug-likeness (QED) is 0.575. The van der Waals surface area contributed by atoms with Crippen LogP contribution in [0.3, 0.4) is 0 Å². The van der Waals surface area contributed by atoms with Gasteiger partial charge < -0.3 is 21.2 Å². The number of hydrogen-bond donors (Lipinski definition) is 4. The summed E-state index contributed by atoms with van der Waals surface area (Å²) in [5, 5.41) is 2.51. The first-order chi connectivity index (χ1) is 8.95. The summed E-state index contributed by atoms with van der Waals surface area (Å²) < 4.78 is 4.82. The van der Waals surface area contributed by atoms with E-state index in [-0.39, 0.29) is 6.42 Å². The van der Waals surface area contributed by atoms with Gasteiger partial charge in [-0.1, -0.05) is 0 Å². The molecule has 2 rings (SSSR count). The summed E-state index contributed by atoms with van der Waals surface area (Å²) in [6.07, 6.45) is -0.239. The molecular weight excluding hydrogens is 252 g/mol. The van der Waals surface area contributed by atoms with Gasteiger partial charge in [0, 0.05) is 5.69 Å². The molecule has 1 aromatic heterocycles. The third-order valence-electron chi connectivity index (χ3n) is 2.44. The van der Waals surface area contributed by atoms with E-state index in [1.54, 1.807) is 6.07 Å². The molecule has 8 heteroatoms. The summed E-state index contributed by atoms with van der Waals surface area (Å²) >= 11 is 0. The fourth-order valence-corrected chi connectivity index (χ4v) is 1.57. The van der Waals surface area contributed by atoms with Crippen LogP contribution < -0.4 is 22.5 Å². The van der Waals surface area contributed by atoms with E-state index in [4.69, 9.17) is 15.9 Å². The summed E-state index contributed by atoms with van der Waals surface area (Å²) in [5.74, 6) is -1.77. The van der Waals surface area contributed by atoms with Crippen LogP contribution in [0.15, 0.2) is 27.4 Å². The minimum Gasteiger partial charge on any atom is -0.408 e. The molecule has 0 aliphatic carbocycles. The zero-order valence-corrected chi connectivity index (χ0v) is 9.80. The van der Waals surface area contributed by atoms with Gasteiger partial charge in [0.1, 0.15) is 0 Å². The Hall–Kier alpha value is -2.61. The van der Waals surface area contributed by atoms with E-state index < -0.39 is 23.6 Å². The van der Waals surface area contributed by atoms with Gasteiger partial charge >= 0.3 is 5.76 Å². The van der Waals surface area contributed by atoms with Crippen LogP contribution in [0, 0.1) is 0 Å². The lowest BCUT2D eigenvalue weighted by Gasteiger charge is -2.10. The minimum atomic E-state index is -1.02. The number of fused-ring (bicyclic) bond motifs is 1. The van der Waals surface area contributed by atoms with E-state index in [2.05, 4.69) is 10.3 Å². The molecule has 0 aliphatic heterocycles. The number of oxazole rings is 1. The average Bonchev–Trinajstić information content (AvgIpc) is 2.67. The van der Waals surface area contributed by atoms with E-state index in [1.807, 2.05) is 0 Å². The van der Waals surface area contributed by atoms with Gasteiger partial charge in [0.2, 0.25) is 11.8 Å². The topological polar surface area (TPSA) is 144 Å². The van der Waals surface area contributed by atoms with Gasteiger partial charge in [-0.05, 0) is 18.2 Å². The van der Waals surface area contributed by atoms with Crippen molar-refractivity contribution in [1.29, 1.82) is 0 Å². The monoisotopic (exact) mass is 264 g/mol. The Kier molecular flexibility index (Phi) is 3.34. The van der Waals surface area contributed by atoms with Crippen LogP contribution in [-0.4, -0.2) is 22.8 Å². The molecule has 0 radical (unpaired) electrons. The summed E-state index contributed by atoms with van der Waals surface area (Å²) in [6, 6.07) is 3.59. The maximum atomic E-state index is 11.6. The molecule has 100 valence electrons. The van der Waals surface area contributed by atoms with Crippen LogP contribution in [0.1, 0.15) is 6.42 Å². The predicted molar refractivity (Wildman–Crippen MR) is 67.3 cm³/mol. The lowest BCUT2D eigenvalue weighted by Crippen LogP contribution is -2.38. The Balaban J connectivity index is 2.14. The molecule has 1 unspecified atom stereocenters. The van der Waals surface area contributed by atoms with Crippen molar-refractivity contribution in [2.75, 3.05) is 5.32 Å². The number of benzene rings is 1. The molecule has 2 amide bonds. The van der Waals surface area contributed by atoms with Crippen LogP contribution >= 0.6 is 0 Å². The molecule has 0 saturated carbocycles. The number of carbonyl (C=O) groups excluding carboxylic acids is 2. The van der Waals surface area contributed by atoms with E-state index in [1.165, 1.54) is 12.1 Å². The molecule has 2 aromatic rings. The fraction of sp³-hybridized carbons (Fsp3) is 0.182. The lowest BCUT2D eigenvalue weighted by molar-refractivity contribution is -0.123.